The molecule has 23 nitrogen and oxygen atoms in total. The molecule has 0 unspecified atom stereocenters. The van der Waals surface area contributed by atoms with Gasteiger partial charge in [0.05, 0.1) is 23.7 Å². The van der Waals surface area contributed by atoms with Crippen molar-refractivity contribution < 1.29 is 58.3 Å². The van der Waals surface area contributed by atoms with Gasteiger partial charge in [-0.15, -0.1) is 10.2 Å². The third kappa shape index (κ3) is 10.5. The number of nitrogens with one attached hydrogen (secondary N) is 2. The van der Waals surface area contributed by atoms with E-state index in [2.05, 4.69) is 40.0 Å². The minimum absolute atomic E-state index is 0.0104. The molecule has 0 atom stereocenters. The number of aromatic nitrogens is 4. The van der Waals surface area contributed by atoms with E-state index in [1.807, 2.05) is 0 Å². The first-order valence-corrected chi connectivity index (χ1v) is 19.3. The van der Waals surface area contributed by atoms with Gasteiger partial charge in [-0.05, 0) is 61.0 Å². The van der Waals surface area contributed by atoms with E-state index in [0.29, 0.717) is 4.57 Å². The molecule has 8 N–H and O–H groups in total. The van der Waals surface area contributed by atoms with Crippen LogP contribution in [0.1, 0.15) is 22.3 Å². The first-order valence-electron chi connectivity index (χ1n) is 14.5. The zero-order valence-electron chi connectivity index (χ0n) is 27.1. The minimum Gasteiger partial charge on any atom is -0.494 e. The second-order valence-corrected chi connectivity index (χ2v) is 15.5. The van der Waals surface area contributed by atoms with Gasteiger partial charge in [0.15, 0.2) is 15.5 Å². The van der Waals surface area contributed by atoms with Crippen LogP contribution in [0.5, 0.6) is 5.88 Å². The fourth-order valence-corrected chi connectivity index (χ4v) is 6.71. The maximum atomic E-state index is 13.2. The van der Waals surface area contributed by atoms with Crippen molar-refractivity contribution in [2.45, 2.75) is 29.7 Å². The minimum atomic E-state index is -4.97. The van der Waals surface area contributed by atoms with Crippen LogP contribution in [-0.2, 0) is 45.9 Å². The SMILES string of the molecule is Cc1c(C(N)=O)c(O)n(CCC(=O)O)c(=O)c1N=Nc1cc(Nc2nc(Cl)nc(Nc3ccc(S(=O)(=O)CCOS(=O)(=O)O)cc3)n2)ccc1S(=O)(=O)O. The van der Waals surface area contributed by atoms with Crippen molar-refractivity contribution >= 4 is 88.5 Å². The Hall–Kier alpha value is -5.64. The number of rotatable bonds is 16. The van der Waals surface area contributed by atoms with Gasteiger partial charge in [0.1, 0.15) is 16.1 Å². The van der Waals surface area contributed by atoms with Crippen LogP contribution in [0.3, 0.4) is 0 Å². The highest BCUT2D eigenvalue weighted by Gasteiger charge is 2.24. The second-order valence-electron chi connectivity index (χ2n) is 10.6. The van der Waals surface area contributed by atoms with Crippen LogP contribution in [0.25, 0.3) is 0 Å². The number of carbonyl (C=O) groups is 2. The van der Waals surface area contributed by atoms with E-state index < -0.39 is 101 Å². The molecule has 0 fully saturated rings. The van der Waals surface area contributed by atoms with Crippen LogP contribution in [0.15, 0.2) is 67.3 Å². The normalized spacial score (nSPS) is 12.1. The average molecular weight is 832 g/mol. The Morgan fingerprint density at radius 3 is 2.09 bits per heavy atom. The quantitative estimate of drug-likeness (QED) is 0.0627. The molecular weight excluding hydrogens is 806 g/mol. The lowest BCUT2D eigenvalue weighted by Crippen LogP contribution is -2.26. The number of aromatic hydroxyl groups is 1. The molecule has 0 spiro atoms. The number of carbonyl (C=O) groups excluding carboxylic acids is 1. The molecule has 4 rings (SSSR count). The van der Waals surface area contributed by atoms with E-state index in [-0.39, 0.29) is 39.0 Å². The molecule has 1 amide bonds. The lowest BCUT2D eigenvalue weighted by molar-refractivity contribution is -0.137. The Morgan fingerprint density at radius 1 is 0.944 bits per heavy atom. The molecule has 2 heterocycles. The Morgan fingerprint density at radius 2 is 1.54 bits per heavy atom. The van der Waals surface area contributed by atoms with E-state index in [0.717, 1.165) is 18.2 Å². The number of benzene rings is 2. The zero-order valence-corrected chi connectivity index (χ0v) is 30.3. The van der Waals surface area contributed by atoms with Gasteiger partial charge in [0.2, 0.25) is 23.1 Å². The Labute approximate surface area is 309 Å². The zero-order chi connectivity index (χ0) is 40.2. The van der Waals surface area contributed by atoms with Crippen LogP contribution in [0.4, 0.5) is 34.6 Å². The highest BCUT2D eigenvalue weighted by atomic mass is 35.5. The Bertz CT molecular complexity index is 2570. The van der Waals surface area contributed by atoms with Crippen LogP contribution in [-0.4, -0.2) is 88.3 Å². The molecule has 0 aliphatic heterocycles. The number of anilines is 4. The van der Waals surface area contributed by atoms with Crippen molar-refractivity contribution in [3.05, 3.63) is 69.2 Å². The number of pyridine rings is 1. The van der Waals surface area contributed by atoms with E-state index in [1.54, 1.807) is 0 Å². The lowest BCUT2D eigenvalue weighted by Gasteiger charge is -2.14. The number of primary amides is 1. The van der Waals surface area contributed by atoms with Crippen molar-refractivity contribution in [3.8, 4) is 5.88 Å². The number of sulfone groups is 1. The Balaban J connectivity index is 1.64. The van der Waals surface area contributed by atoms with Gasteiger partial charge in [-0.1, -0.05) is 0 Å². The molecule has 4 aromatic rings. The summed E-state index contributed by atoms with van der Waals surface area (Å²) in [4.78, 5) is 47.3. The number of azo groups is 1. The molecule has 0 aliphatic carbocycles. The van der Waals surface area contributed by atoms with Crippen LogP contribution >= 0.6 is 11.6 Å². The van der Waals surface area contributed by atoms with Gasteiger partial charge in [0, 0.05) is 23.5 Å². The van der Waals surface area contributed by atoms with Crippen LogP contribution in [0.2, 0.25) is 5.28 Å². The molecule has 27 heteroatoms. The molecule has 0 radical (unpaired) electrons. The molecule has 2 aromatic carbocycles. The third-order valence-electron chi connectivity index (χ3n) is 6.87. The number of nitrogens with zero attached hydrogens (tertiary/aromatic N) is 6. The number of aliphatic carboxylic acids is 1. The number of halogens is 1. The maximum absolute atomic E-state index is 13.2. The number of carboxylic acid groups (broad SMARTS) is 1. The van der Waals surface area contributed by atoms with Gasteiger partial charge in [-0.2, -0.15) is 31.8 Å². The summed E-state index contributed by atoms with van der Waals surface area (Å²) >= 11 is 6.06. The molecule has 0 bridgehead atoms. The van der Waals surface area contributed by atoms with Crippen molar-refractivity contribution in [2.24, 2.45) is 16.0 Å². The molecule has 0 aliphatic rings. The van der Waals surface area contributed by atoms with E-state index in [9.17, 15) is 49.3 Å². The molecule has 2 aromatic heterocycles. The van der Waals surface area contributed by atoms with E-state index >= 15 is 0 Å². The van der Waals surface area contributed by atoms with Gasteiger partial charge >= 0.3 is 16.4 Å². The Kier molecular flexibility index (Phi) is 12.3. The van der Waals surface area contributed by atoms with E-state index in [4.69, 9.17) is 27.0 Å². The summed E-state index contributed by atoms with van der Waals surface area (Å²) in [5.41, 5.74) is 2.46. The number of hydrogen-bond donors (Lipinski definition) is 7. The van der Waals surface area contributed by atoms with Crippen molar-refractivity contribution in [1.82, 2.24) is 19.5 Å². The van der Waals surface area contributed by atoms with Crippen LogP contribution in [0, 0.1) is 6.92 Å². The first-order chi connectivity index (χ1) is 25.1. The molecule has 0 saturated heterocycles. The summed E-state index contributed by atoms with van der Waals surface area (Å²) in [7, 11) is -13.8. The highest BCUT2D eigenvalue weighted by Crippen LogP contribution is 2.32. The van der Waals surface area contributed by atoms with E-state index in [1.165, 1.54) is 31.2 Å². The molecular formula is C27H26ClN9O14S3. The summed E-state index contributed by atoms with van der Waals surface area (Å²) in [5, 5.41) is 32.2. The summed E-state index contributed by atoms with van der Waals surface area (Å²) < 4.78 is 93.6. The molecule has 54 heavy (non-hydrogen) atoms. The van der Waals surface area contributed by atoms with Gasteiger partial charge in [-0.25, -0.2) is 12.6 Å². The summed E-state index contributed by atoms with van der Waals surface area (Å²) in [6.45, 7) is -0.247. The summed E-state index contributed by atoms with van der Waals surface area (Å²) in [6.07, 6.45) is -0.652. The van der Waals surface area contributed by atoms with Gasteiger partial charge in [-0.3, -0.25) is 28.1 Å². The largest absolute Gasteiger partial charge is 0.494 e. The standard InChI is InChI=1S/C27H26ClN9O14S3/c1-13-20(22(29)40)23(41)37(9-8-19(38)39)24(42)21(13)36-35-17-12-15(4-7-18(17)53(45,46)47)31-27-33-25(28)32-26(34-27)30-14-2-5-16(6-3-14)52(43,44)11-10-51-54(48,49)50/h2-7,12,41H,8-11H2,1H3,(H2,29,40)(H,38,39)(H,45,46,47)(H,48,49,50)(H2,30,31,32,33,34). The number of carboxylic acids is 1. The maximum Gasteiger partial charge on any atom is 0.397 e. The number of amides is 1. The summed E-state index contributed by atoms with van der Waals surface area (Å²) in [5.74, 6) is -4.63. The van der Waals surface area contributed by atoms with Crippen molar-refractivity contribution in [1.29, 1.82) is 0 Å². The molecule has 0 saturated carbocycles. The van der Waals surface area contributed by atoms with Gasteiger partial charge in [0.25, 0.3) is 21.6 Å². The smallest absolute Gasteiger partial charge is 0.397 e. The van der Waals surface area contributed by atoms with Gasteiger partial charge < -0.3 is 26.6 Å². The topological polar surface area (TPSA) is 362 Å². The van der Waals surface area contributed by atoms with Crippen LogP contribution < -0.4 is 21.9 Å². The lowest BCUT2D eigenvalue weighted by atomic mass is 10.1. The third-order valence-corrected chi connectivity index (χ3v) is 10.1. The first kappa shape index (κ1) is 41.1. The fraction of sp³-hybridized carbons (Fsp3) is 0.185. The predicted molar refractivity (Wildman–Crippen MR) is 186 cm³/mol. The van der Waals surface area contributed by atoms with Crippen molar-refractivity contribution in [3.63, 3.8) is 0 Å². The highest BCUT2D eigenvalue weighted by molar-refractivity contribution is 7.91. The predicted octanol–water partition coefficient (Wildman–Crippen LogP) is 2.02. The monoisotopic (exact) mass is 831 g/mol. The second kappa shape index (κ2) is 16.2. The average Bonchev–Trinajstić information content (AvgIpc) is 3.03. The number of hydrogen-bond acceptors (Lipinski definition) is 18. The summed E-state index contributed by atoms with van der Waals surface area (Å²) in [6, 6.07) is 8.08. The molecule has 288 valence electrons. The fourth-order valence-electron chi connectivity index (χ4n) is 4.46. The van der Waals surface area contributed by atoms with Crippen molar-refractivity contribution in [2.75, 3.05) is 23.0 Å². The number of nitrogens with two attached hydrogens (primary N) is 1.